The van der Waals surface area contributed by atoms with Gasteiger partial charge in [0.25, 0.3) is 0 Å². The molecule has 1 heterocycles. The van der Waals surface area contributed by atoms with Gasteiger partial charge in [-0.25, -0.2) is 4.39 Å². The van der Waals surface area contributed by atoms with E-state index in [1.54, 1.807) is 24.5 Å². The molecule has 22 heavy (non-hydrogen) atoms. The van der Waals surface area contributed by atoms with E-state index in [1.807, 2.05) is 6.92 Å². The lowest BCUT2D eigenvalue weighted by Gasteiger charge is -2.14. The third-order valence-electron chi connectivity index (χ3n) is 4.04. The van der Waals surface area contributed by atoms with Gasteiger partial charge in [-0.2, -0.15) is 0 Å². The fourth-order valence-corrected chi connectivity index (χ4v) is 3.00. The first-order valence-electron chi connectivity index (χ1n) is 7.31. The highest BCUT2D eigenvalue weighted by Crippen LogP contribution is 2.37. The number of carbonyl (C=O) groups excluding carboxylic acids is 1. The topological polar surface area (TPSA) is 42.0 Å². The van der Waals surface area contributed by atoms with E-state index in [0.29, 0.717) is 6.42 Å². The number of pyridine rings is 1. The second-order valence-electron chi connectivity index (χ2n) is 5.40. The summed E-state index contributed by atoms with van der Waals surface area (Å²) in [6.07, 6.45) is 5.67. The molecule has 1 aromatic carbocycles. The third-order valence-corrected chi connectivity index (χ3v) is 4.34. The fourth-order valence-electron chi connectivity index (χ4n) is 2.89. The molecule has 3 rings (SSSR count). The predicted octanol–water partition coefficient (Wildman–Crippen LogP) is 4.05. The first-order chi connectivity index (χ1) is 10.6. The molecule has 1 amide bonds. The van der Waals surface area contributed by atoms with E-state index in [0.717, 1.165) is 35.1 Å². The van der Waals surface area contributed by atoms with E-state index >= 15 is 0 Å². The Kier molecular flexibility index (Phi) is 4.12. The van der Waals surface area contributed by atoms with Crippen LogP contribution in [0.2, 0.25) is 5.02 Å². The SMILES string of the molecule is CCC(=O)NC1CCc2c(-c3ccc(Cl)c(F)c3)cncc21. The molecule has 0 aliphatic heterocycles. The monoisotopic (exact) mass is 318 g/mol. The summed E-state index contributed by atoms with van der Waals surface area (Å²) in [5.41, 5.74) is 3.81. The number of rotatable bonds is 3. The average molecular weight is 319 g/mol. The average Bonchev–Trinajstić information content (AvgIpc) is 2.93. The quantitative estimate of drug-likeness (QED) is 0.927. The van der Waals surface area contributed by atoms with Crippen LogP contribution in [0.4, 0.5) is 4.39 Å². The maximum Gasteiger partial charge on any atom is 0.220 e. The summed E-state index contributed by atoms with van der Waals surface area (Å²) in [6, 6.07) is 4.77. The zero-order chi connectivity index (χ0) is 15.7. The van der Waals surface area contributed by atoms with Gasteiger partial charge in [-0.05, 0) is 41.7 Å². The Morgan fingerprint density at radius 2 is 2.27 bits per heavy atom. The van der Waals surface area contributed by atoms with Crippen LogP contribution < -0.4 is 5.32 Å². The lowest BCUT2D eigenvalue weighted by molar-refractivity contribution is -0.121. The van der Waals surface area contributed by atoms with E-state index in [-0.39, 0.29) is 17.0 Å². The van der Waals surface area contributed by atoms with Crippen molar-refractivity contribution in [1.29, 1.82) is 0 Å². The number of benzene rings is 1. The summed E-state index contributed by atoms with van der Waals surface area (Å²) < 4.78 is 13.7. The minimum atomic E-state index is -0.439. The summed E-state index contributed by atoms with van der Waals surface area (Å²) >= 11 is 5.74. The number of aromatic nitrogens is 1. The van der Waals surface area contributed by atoms with Gasteiger partial charge < -0.3 is 5.32 Å². The Morgan fingerprint density at radius 3 is 3.00 bits per heavy atom. The Bertz CT molecular complexity index is 733. The van der Waals surface area contributed by atoms with Crippen molar-refractivity contribution in [3.63, 3.8) is 0 Å². The summed E-state index contributed by atoms with van der Waals surface area (Å²) in [5, 5.41) is 3.12. The van der Waals surface area contributed by atoms with Gasteiger partial charge in [0, 0.05) is 24.4 Å². The third kappa shape index (κ3) is 2.71. The molecule has 1 aliphatic rings. The number of amides is 1. The zero-order valence-corrected chi connectivity index (χ0v) is 13.0. The van der Waals surface area contributed by atoms with Crippen molar-refractivity contribution in [3.05, 3.63) is 52.6 Å². The van der Waals surface area contributed by atoms with Gasteiger partial charge in [0.1, 0.15) is 5.82 Å². The smallest absolute Gasteiger partial charge is 0.220 e. The van der Waals surface area contributed by atoms with Crippen molar-refractivity contribution in [1.82, 2.24) is 10.3 Å². The van der Waals surface area contributed by atoms with Crippen LogP contribution in [0, 0.1) is 5.82 Å². The number of halogens is 2. The van der Waals surface area contributed by atoms with Gasteiger partial charge >= 0.3 is 0 Å². The number of fused-ring (bicyclic) bond motifs is 1. The van der Waals surface area contributed by atoms with Crippen LogP contribution in [0.1, 0.15) is 36.9 Å². The van der Waals surface area contributed by atoms with Crippen LogP contribution in [0.25, 0.3) is 11.1 Å². The Hall–Kier alpha value is -1.94. The van der Waals surface area contributed by atoms with Crippen molar-refractivity contribution < 1.29 is 9.18 Å². The molecule has 2 aromatic rings. The second kappa shape index (κ2) is 6.05. The first kappa shape index (κ1) is 15.0. The minimum Gasteiger partial charge on any atom is -0.349 e. The summed E-state index contributed by atoms with van der Waals surface area (Å²) in [4.78, 5) is 15.9. The lowest BCUT2D eigenvalue weighted by atomic mass is 9.99. The molecule has 1 unspecified atom stereocenters. The van der Waals surface area contributed by atoms with Crippen molar-refractivity contribution in [2.24, 2.45) is 0 Å². The number of nitrogens with zero attached hydrogens (tertiary/aromatic N) is 1. The van der Waals surface area contributed by atoms with Crippen molar-refractivity contribution in [2.75, 3.05) is 0 Å². The predicted molar refractivity (Wildman–Crippen MR) is 84.1 cm³/mol. The normalized spacial score (nSPS) is 16.4. The van der Waals surface area contributed by atoms with Gasteiger partial charge in [-0.1, -0.05) is 24.6 Å². The maximum atomic E-state index is 13.7. The Morgan fingerprint density at radius 1 is 1.45 bits per heavy atom. The summed E-state index contributed by atoms with van der Waals surface area (Å²) in [5.74, 6) is -0.411. The Labute approximate surface area is 133 Å². The van der Waals surface area contributed by atoms with Gasteiger partial charge in [0.05, 0.1) is 11.1 Å². The molecule has 1 aromatic heterocycles. The standard InChI is InChI=1S/C17H16ClFN2O/c1-2-17(22)21-16-6-4-11-12(8-20-9-13(11)16)10-3-5-14(18)15(19)7-10/h3,5,7-9,16H,2,4,6H2,1H3,(H,21,22). The van der Waals surface area contributed by atoms with Crippen LogP contribution >= 0.6 is 11.6 Å². The fraction of sp³-hybridized carbons (Fsp3) is 0.294. The molecular weight excluding hydrogens is 303 g/mol. The lowest BCUT2D eigenvalue weighted by Crippen LogP contribution is -2.26. The van der Waals surface area contributed by atoms with Crippen LogP contribution in [0.3, 0.4) is 0 Å². The molecule has 114 valence electrons. The Balaban J connectivity index is 1.99. The molecule has 3 nitrogen and oxygen atoms in total. The maximum absolute atomic E-state index is 13.7. The molecule has 1 aliphatic carbocycles. The van der Waals surface area contributed by atoms with Crippen molar-refractivity contribution >= 4 is 17.5 Å². The van der Waals surface area contributed by atoms with Crippen LogP contribution in [-0.2, 0) is 11.2 Å². The van der Waals surface area contributed by atoms with Gasteiger partial charge in [0.2, 0.25) is 5.91 Å². The van der Waals surface area contributed by atoms with E-state index < -0.39 is 5.82 Å². The number of hydrogen-bond donors (Lipinski definition) is 1. The highest BCUT2D eigenvalue weighted by Gasteiger charge is 2.26. The van der Waals surface area contributed by atoms with Crippen LogP contribution in [-0.4, -0.2) is 10.9 Å². The van der Waals surface area contributed by atoms with E-state index in [9.17, 15) is 9.18 Å². The van der Waals surface area contributed by atoms with Crippen molar-refractivity contribution in [2.45, 2.75) is 32.2 Å². The molecule has 0 saturated heterocycles. The minimum absolute atomic E-state index is 0.00736. The molecule has 0 bridgehead atoms. The molecule has 1 N–H and O–H groups in total. The second-order valence-corrected chi connectivity index (χ2v) is 5.80. The van der Waals surface area contributed by atoms with E-state index in [4.69, 9.17) is 11.6 Å². The zero-order valence-electron chi connectivity index (χ0n) is 12.2. The highest BCUT2D eigenvalue weighted by atomic mass is 35.5. The van der Waals surface area contributed by atoms with Gasteiger partial charge in [-0.3, -0.25) is 9.78 Å². The molecular formula is C17H16ClFN2O. The summed E-state index contributed by atoms with van der Waals surface area (Å²) in [6.45, 7) is 1.83. The molecule has 0 fully saturated rings. The molecule has 0 radical (unpaired) electrons. The largest absolute Gasteiger partial charge is 0.349 e. The molecule has 0 saturated carbocycles. The van der Waals surface area contributed by atoms with Crippen LogP contribution in [0.5, 0.6) is 0 Å². The van der Waals surface area contributed by atoms with Crippen LogP contribution in [0.15, 0.2) is 30.6 Å². The van der Waals surface area contributed by atoms with E-state index in [2.05, 4.69) is 10.3 Å². The van der Waals surface area contributed by atoms with E-state index in [1.165, 1.54) is 6.07 Å². The summed E-state index contributed by atoms with van der Waals surface area (Å²) in [7, 11) is 0. The highest BCUT2D eigenvalue weighted by molar-refractivity contribution is 6.30. The molecule has 5 heteroatoms. The van der Waals surface area contributed by atoms with Crippen molar-refractivity contribution in [3.8, 4) is 11.1 Å². The first-order valence-corrected chi connectivity index (χ1v) is 7.69. The number of hydrogen-bond acceptors (Lipinski definition) is 2. The van der Waals surface area contributed by atoms with Gasteiger partial charge in [-0.15, -0.1) is 0 Å². The molecule has 0 spiro atoms. The number of carbonyl (C=O) groups is 1. The number of nitrogens with one attached hydrogen (secondary N) is 1. The van der Waals surface area contributed by atoms with Gasteiger partial charge in [0.15, 0.2) is 0 Å². The molecule has 1 atom stereocenters.